The molecule has 0 aliphatic carbocycles. The maximum atomic E-state index is 12.3. The Balaban J connectivity index is 1.73. The number of hydrogen-bond donors (Lipinski definition) is 1. The van der Waals surface area contributed by atoms with Crippen LogP contribution in [0.25, 0.3) is 0 Å². The molecule has 0 unspecified atom stereocenters. The van der Waals surface area contributed by atoms with E-state index in [-0.39, 0.29) is 5.91 Å². The Morgan fingerprint density at radius 1 is 1.00 bits per heavy atom. The van der Waals surface area contributed by atoms with Crippen molar-refractivity contribution in [1.82, 2.24) is 4.98 Å². The molecule has 3 rings (SSSR count). The molecule has 0 aliphatic heterocycles. The number of para-hydroxylation sites is 1. The summed E-state index contributed by atoms with van der Waals surface area (Å²) in [4.78, 5) is 16.6. The first-order valence-electron chi connectivity index (χ1n) is 7.74. The summed E-state index contributed by atoms with van der Waals surface area (Å²) in [7, 11) is 0. The van der Waals surface area contributed by atoms with E-state index in [2.05, 4.69) is 10.3 Å². The average Bonchev–Trinajstić information content (AvgIpc) is 2.60. The third kappa shape index (κ3) is 3.98. The molecule has 0 saturated heterocycles. The van der Waals surface area contributed by atoms with E-state index in [0.717, 1.165) is 11.1 Å². The molecule has 0 saturated carbocycles. The predicted molar refractivity (Wildman–Crippen MR) is 94.3 cm³/mol. The summed E-state index contributed by atoms with van der Waals surface area (Å²) in [6.45, 7) is 2.00. The fraction of sp³-hybridized carbons (Fsp3) is 0.100. The minimum absolute atomic E-state index is 0.102. The lowest BCUT2D eigenvalue weighted by atomic mass is 10.1. The lowest BCUT2D eigenvalue weighted by Gasteiger charge is -2.11. The molecule has 24 heavy (non-hydrogen) atoms. The van der Waals surface area contributed by atoms with Crippen LogP contribution in [0.1, 0.15) is 11.1 Å². The average molecular weight is 318 g/mol. The smallest absolute Gasteiger partial charge is 0.243 e. The quantitative estimate of drug-likeness (QED) is 0.760. The van der Waals surface area contributed by atoms with Gasteiger partial charge in [0.15, 0.2) is 0 Å². The van der Waals surface area contributed by atoms with Gasteiger partial charge in [0.2, 0.25) is 11.8 Å². The van der Waals surface area contributed by atoms with Crippen molar-refractivity contribution in [3.8, 4) is 11.6 Å². The number of carbonyl (C=O) groups excluding carboxylic acids is 1. The summed E-state index contributed by atoms with van der Waals surface area (Å²) in [5.41, 5.74) is 2.66. The lowest BCUT2D eigenvalue weighted by molar-refractivity contribution is -0.115. The molecule has 4 heteroatoms. The molecule has 1 aromatic heterocycles. The van der Waals surface area contributed by atoms with Crippen LogP contribution in [0, 0.1) is 6.92 Å². The number of hydrogen-bond acceptors (Lipinski definition) is 3. The van der Waals surface area contributed by atoms with Crippen molar-refractivity contribution in [2.75, 3.05) is 5.32 Å². The third-order valence-electron chi connectivity index (χ3n) is 3.62. The number of amides is 1. The number of rotatable bonds is 5. The van der Waals surface area contributed by atoms with Crippen LogP contribution in [-0.2, 0) is 11.2 Å². The molecule has 0 radical (unpaired) electrons. The number of aromatic nitrogens is 1. The molecule has 4 nitrogen and oxygen atoms in total. The van der Waals surface area contributed by atoms with Gasteiger partial charge in [0.1, 0.15) is 11.4 Å². The standard InChI is InChI=1S/C20H18N2O2/c1-15-8-5-6-9-16(15)14-19(23)22-18-12-7-13-21-20(18)24-17-10-3-2-4-11-17/h2-13H,14H2,1H3,(H,22,23). The van der Waals surface area contributed by atoms with Gasteiger partial charge < -0.3 is 10.1 Å². The van der Waals surface area contributed by atoms with Crippen LogP contribution < -0.4 is 10.1 Å². The van der Waals surface area contributed by atoms with Crippen molar-refractivity contribution < 1.29 is 9.53 Å². The maximum absolute atomic E-state index is 12.3. The van der Waals surface area contributed by atoms with Crippen LogP contribution >= 0.6 is 0 Å². The number of anilines is 1. The van der Waals surface area contributed by atoms with Gasteiger partial charge in [-0.25, -0.2) is 4.98 Å². The van der Waals surface area contributed by atoms with E-state index in [1.165, 1.54) is 0 Å². The van der Waals surface area contributed by atoms with Gasteiger partial charge in [-0.3, -0.25) is 4.79 Å². The van der Waals surface area contributed by atoms with Crippen LogP contribution in [0.3, 0.4) is 0 Å². The van der Waals surface area contributed by atoms with E-state index in [1.54, 1.807) is 18.3 Å². The number of carbonyl (C=O) groups is 1. The SMILES string of the molecule is Cc1ccccc1CC(=O)Nc1cccnc1Oc1ccccc1. The summed E-state index contributed by atoms with van der Waals surface area (Å²) in [5.74, 6) is 0.947. The molecular formula is C20H18N2O2. The minimum atomic E-state index is -0.102. The molecule has 0 aliphatic rings. The normalized spacial score (nSPS) is 10.2. The highest BCUT2D eigenvalue weighted by atomic mass is 16.5. The van der Waals surface area contributed by atoms with Crippen LogP contribution in [-0.4, -0.2) is 10.9 Å². The number of aryl methyl sites for hydroxylation is 1. The molecule has 0 spiro atoms. The highest BCUT2D eigenvalue weighted by molar-refractivity contribution is 5.93. The second-order valence-corrected chi connectivity index (χ2v) is 5.42. The molecule has 1 heterocycles. The van der Waals surface area contributed by atoms with E-state index in [0.29, 0.717) is 23.7 Å². The molecule has 1 amide bonds. The van der Waals surface area contributed by atoms with Gasteiger partial charge in [0, 0.05) is 6.20 Å². The van der Waals surface area contributed by atoms with Crippen LogP contribution in [0.2, 0.25) is 0 Å². The van der Waals surface area contributed by atoms with Crippen LogP contribution in [0.4, 0.5) is 5.69 Å². The van der Waals surface area contributed by atoms with E-state index < -0.39 is 0 Å². The van der Waals surface area contributed by atoms with Gasteiger partial charge in [-0.15, -0.1) is 0 Å². The number of benzene rings is 2. The Morgan fingerprint density at radius 3 is 2.54 bits per heavy atom. The van der Waals surface area contributed by atoms with Crippen molar-refractivity contribution in [3.05, 3.63) is 84.1 Å². The van der Waals surface area contributed by atoms with E-state index in [1.807, 2.05) is 61.5 Å². The van der Waals surface area contributed by atoms with Crippen LogP contribution in [0.15, 0.2) is 72.9 Å². The summed E-state index contributed by atoms with van der Waals surface area (Å²) < 4.78 is 5.76. The van der Waals surface area contributed by atoms with Crippen molar-refractivity contribution in [1.29, 1.82) is 0 Å². The Morgan fingerprint density at radius 2 is 1.75 bits per heavy atom. The van der Waals surface area contributed by atoms with Gasteiger partial charge in [0.05, 0.1) is 6.42 Å². The molecular weight excluding hydrogens is 300 g/mol. The Kier molecular flexibility index (Phi) is 4.87. The van der Waals surface area contributed by atoms with Crippen molar-refractivity contribution in [3.63, 3.8) is 0 Å². The van der Waals surface area contributed by atoms with E-state index >= 15 is 0 Å². The van der Waals surface area contributed by atoms with Crippen LogP contribution in [0.5, 0.6) is 11.6 Å². The van der Waals surface area contributed by atoms with E-state index in [4.69, 9.17) is 4.74 Å². The zero-order valence-electron chi connectivity index (χ0n) is 13.4. The minimum Gasteiger partial charge on any atom is -0.437 e. The summed E-state index contributed by atoms with van der Waals surface area (Å²) >= 11 is 0. The fourth-order valence-electron chi connectivity index (χ4n) is 2.34. The summed E-state index contributed by atoms with van der Waals surface area (Å²) in [5, 5.41) is 2.88. The largest absolute Gasteiger partial charge is 0.437 e. The Hall–Kier alpha value is -3.14. The number of ether oxygens (including phenoxy) is 1. The predicted octanol–water partition coefficient (Wildman–Crippen LogP) is 4.36. The number of nitrogens with one attached hydrogen (secondary N) is 1. The Labute approximate surface area is 141 Å². The molecule has 0 bridgehead atoms. The van der Waals surface area contributed by atoms with Crippen molar-refractivity contribution in [2.24, 2.45) is 0 Å². The molecule has 120 valence electrons. The van der Waals surface area contributed by atoms with Gasteiger partial charge in [-0.1, -0.05) is 42.5 Å². The maximum Gasteiger partial charge on any atom is 0.243 e. The molecule has 0 atom stereocenters. The number of nitrogens with zero attached hydrogens (tertiary/aromatic N) is 1. The molecule has 3 aromatic rings. The third-order valence-corrected chi connectivity index (χ3v) is 3.62. The number of pyridine rings is 1. The topological polar surface area (TPSA) is 51.2 Å². The Bertz CT molecular complexity index is 832. The molecule has 0 fully saturated rings. The van der Waals surface area contributed by atoms with Crippen molar-refractivity contribution >= 4 is 11.6 Å². The molecule has 2 aromatic carbocycles. The molecule has 1 N–H and O–H groups in total. The van der Waals surface area contributed by atoms with Gasteiger partial charge in [0.25, 0.3) is 0 Å². The highest BCUT2D eigenvalue weighted by Crippen LogP contribution is 2.26. The second kappa shape index (κ2) is 7.42. The van der Waals surface area contributed by atoms with Gasteiger partial charge in [-0.05, 0) is 42.3 Å². The first-order valence-corrected chi connectivity index (χ1v) is 7.74. The zero-order valence-corrected chi connectivity index (χ0v) is 13.4. The second-order valence-electron chi connectivity index (χ2n) is 5.42. The fourth-order valence-corrected chi connectivity index (χ4v) is 2.34. The lowest BCUT2D eigenvalue weighted by Crippen LogP contribution is -2.15. The van der Waals surface area contributed by atoms with E-state index in [9.17, 15) is 4.79 Å². The van der Waals surface area contributed by atoms with Crippen molar-refractivity contribution in [2.45, 2.75) is 13.3 Å². The summed E-state index contributed by atoms with van der Waals surface area (Å²) in [6.07, 6.45) is 1.95. The highest BCUT2D eigenvalue weighted by Gasteiger charge is 2.11. The van der Waals surface area contributed by atoms with Gasteiger partial charge >= 0.3 is 0 Å². The first-order chi connectivity index (χ1) is 11.7. The zero-order chi connectivity index (χ0) is 16.8. The van der Waals surface area contributed by atoms with Gasteiger partial charge in [-0.2, -0.15) is 0 Å². The first kappa shape index (κ1) is 15.7. The monoisotopic (exact) mass is 318 g/mol. The summed E-state index contributed by atoms with van der Waals surface area (Å²) in [6, 6.07) is 20.8.